The smallest absolute Gasteiger partial charge is 0.321 e. The molecule has 116 valence electrons. The minimum Gasteiger partial charge on any atom is -0.321 e. The maximum atomic E-state index is 12.8. The van der Waals surface area contributed by atoms with Crippen molar-refractivity contribution in [2.24, 2.45) is 0 Å². The first-order chi connectivity index (χ1) is 10.8. The second-order valence-electron chi connectivity index (χ2n) is 5.89. The van der Waals surface area contributed by atoms with Crippen LogP contribution in [0.3, 0.4) is 0 Å². The van der Waals surface area contributed by atoms with Gasteiger partial charge >= 0.3 is 6.03 Å². The summed E-state index contributed by atoms with van der Waals surface area (Å²) in [6.07, 6.45) is 9.48. The quantitative estimate of drug-likeness (QED) is 0.852. The van der Waals surface area contributed by atoms with Crippen molar-refractivity contribution in [3.63, 3.8) is 0 Å². The maximum Gasteiger partial charge on any atom is 0.329 e. The van der Waals surface area contributed by atoms with Crippen LogP contribution in [0.1, 0.15) is 39.0 Å². The molecule has 0 saturated heterocycles. The standard InChI is InChI=1S/C18H23N3O/c1-2-21(16-11-7-4-8-12-16)18(22)20-13-17(19-14-20)15-9-5-3-6-10-15/h3,5-6,9-10,13-14,16H,2,4,7-8,11-12H2,1H3. The summed E-state index contributed by atoms with van der Waals surface area (Å²) < 4.78 is 1.63. The maximum absolute atomic E-state index is 12.8. The van der Waals surface area contributed by atoms with Gasteiger partial charge in [0.25, 0.3) is 0 Å². The molecule has 3 rings (SSSR count). The summed E-state index contributed by atoms with van der Waals surface area (Å²) in [6, 6.07) is 10.4. The van der Waals surface area contributed by atoms with Gasteiger partial charge in [0.15, 0.2) is 0 Å². The van der Waals surface area contributed by atoms with Crippen molar-refractivity contribution in [1.82, 2.24) is 14.5 Å². The Labute approximate surface area is 131 Å². The fourth-order valence-corrected chi connectivity index (χ4v) is 3.28. The van der Waals surface area contributed by atoms with E-state index in [1.54, 1.807) is 10.9 Å². The SMILES string of the molecule is CCN(C(=O)n1cnc(-c2ccccc2)c1)C1CCCCC1. The van der Waals surface area contributed by atoms with E-state index in [0.29, 0.717) is 6.04 Å². The fraction of sp³-hybridized carbons (Fsp3) is 0.444. The average molecular weight is 297 g/mol. The predicted molar refractivity (Wildman–Crippen MR) is 87.7 cm³/mol. The van der Waals surface area contributed by atoms with Crippen LogP contribution >= 0.6 is 0 Å². The topological polar surface area (TPSA) is 38.1 Å². The molecule has 0 atom stereocenters. The normalized spacial score (nSPS) is 15.7. The second kappa shape index (κ2) is 6.77. The molecule has 1 heterocycles. The first kappa shape index (κ1) is 14.8. The Hall–Kier alpha value is -2.10. The molecule has 1 aliphatic rings. The third-order valence-electron chi connectivity index (χ3n) is 4.47. The average Bonchev–Trinajstić information content (AvgIpc) is 3.07. The van der Waals surface area contributed by atoms with Crippen LogP contribution in [-0.4, -0.2) is 33.1 Å². The molecule has 0 unspecified atom stereocenters. The minimum atomic E-state index is 0.0454. The van der Waals surface area contributed by atoms with Crippen LogP contribution in [0.4, 0.5) is 4.79 Å². The molecule has 1 fully saturated rings. The Morgan fingerprint density at radius 3 is 2.64 bits per heavy atom. The summed E-state index contributed by atoms with van der Waals surface area (Å²) >= 11 is 0. The molecule has 22 heavy (non-hydrogen) atoms. The van der Waals surface area contributed by atoms with E-state index in [1.165, 1.54) is 19.3 Å². The Balaban J connectivity index is 1.78. The van der Waals surface area contributed by atoms with Crippen LogP contribution in [0, 0.1) is 0 Å². The molecule has 0 aliphatic heterocycles. The van der Waals surface area contributed by atoms with Gasteiger partial charge in [0.2, 0.25) is 0 Å². The van der Waals surface area contributed by atoms with Crippen LogP contribution in [0.5, 0.6) is 0 Å². The molecule has 0 N–H and O–H groups in total. The van der Waals surface area contributed by atoms with Gasteiger partial charge in [-0.2, -0.15) is 0 Å². The monoisotopic (exact) mass is 297 g/mol. The zero-order chi connectivity index (χ0) is 15.4. The lowest BCUT2D eigenvalue weighted by molar-refractivity contribution is 0.161. The summed E-state index contributed by atoms with van der Waals surface area (Å²) in [7, 11) is 0. The van der Waals surface area contributed by atoms with E-state index in [2.05, 4.69) is 11.9 Å². The molecule has 2 aromatic rings. The van der Waals surface area contributed by atoms with Crippen LogP contribution in [0.2, 0.25) is 0 Å². The highest BCUT2D eigenvalue weighted by Gasteiger charge is 2.25. The van der Waals surface area contributed by atoms with Gasteiger partial charge in [0, 0.05) is 24.3 Å². The summed E-state index contributed by atoms with van der Waals surface area (Å²) in [5, 5.41) is 0. The summed E-state index contributed by atoms with van der Waals surface area (Å²) in [4.78, 5) is 19.1. The van der Waals surface area contributed by atoms with E-state index < -0.39 is 0 Å². The van der Waals surface area contributed by atoms with Gasteiger partial charge in [0.1, 0.15) is 6.33 Å². The van der Waals surface area contributed by atoms with E-state index in [9.17, 15) is 4.79 Å². The molecular weight excluding hydrogens is 274 g/mol. The van der Waals surface area contributed by atoms with Crippen molar-refractivity contribution in [3.8, 4) is 11.3 Å². The van der Waals surface area contributed by atoms with Gasteiger partial charge in [-0.1, -0.05) is 49.6 Å². The summed E-state index contributed by atoms with van der Waals surface area (Å²) in [6.45, 7) is 2.81. The van der Waals surface area contributed by atoms with Crippen molar-refractivity contribution < 1.29 is 4.79 Å². The molecule has 4 nitrogen and oxygen atoms in total. The molecule has 4 heteroatoms. The zero-order valence-corrected chi connectivity index (χ0v) is 13.1. The van der Waals surface area contributed by atoms with Crippen LogP contribution in [0.15, 0.2) is 42.9 Å². The second-order valence-corrected chi connectivity index (χ2v) is 5.89. The number of nitrogens with zero attached hydrogens (tertiary/aromatic N) is 3. The highest BCUT2D eigenvalue weighted by Crippen LogP contribution is 2.23. The number of hydrogen-bond donors (Lipinski definition) is 0. The Morgan fingerprint density at radius 2 is 1.95 bits per heavy atom. The first-order valence-electron chi connectivity index (χ1n) is 8.20. The van der Waals surface area contributed by atoms with Gasteiger partial charge in [-0.25, -0.2) is 9.78 Å². The lowest BCUT2D eigenvalue weighted by Crippen LogP contribution is -2.43. The van der Waals surface area contributed by atoms with E-state index in [1.807, 2.05) is 41.4 Å². The Morgan fingerprint density at radius 1 is 1.23 bits per heavy atom. The van der Waals surface area contributed by atoms with Crippen molar-refractivity contribution in [2.75, 3.05) is 6.54 Å². The first-order valence-corrected chi connectivity index (χ1v) is 8.20. The number of carbonyl (C=O) groups is 1. The summed E-state index contributed by atoms with van der Waals surface area (Å²) in [5.41, 5.74) is 1.88. The highest BCUT2D eigenvalue weighted by molar-refractivity contribution is 5.78. The molecule has 1 aliphatic carbocycles. The molecule has 0 spiro atoms. The van der Waals surface area contributed by atoms with E-state index >= 15 is 0 Å². The Bertz CT molecular complexity index is 614. The Kier molecular flexibility index (Phi) is 4.56. The number of aromatic nitrogens is 2. The molecule has 0 bridgehead atoms. The van der Waals surface area contributed by atoms with Crippen molar-refractivity contribution in [3.05, 3.63) is 42.9 Å². The van der Waals surface area contributed by atoms with Crippen molar-refractivity contribution >= 4 is 6.03 Å². The fourth-order valence-electron chi connectivity index (χ4n) is 3.28. The largest absolute Gasteiger partial charge is 0.329 e. The van der Waals surface area contributed by atoms with E-state index in [4.69, 9.17) is 0 Å². The van der Waals surface area contributed by atoms with Crippen LogP contribution < -0.4 is 0 Å². The third kappa shape index (κ3) is 3.06. The van der Waals surface area contributed by atoms with Gasteiger partial charge < -0.3 is 4.90 Å². The van der Waals surface area contributed by atoms with Crippen LogP contribution in [-0.2, 0) is 0 Å². The molecule has 1 aromatic heterocycles. The van der Waals surface area contributed by atoms with Crippen molar-refractivity contribution in [1.29, 1.82) is 0 Å². The molecular formula is C18H23N3O. The number of rotatable bonds is 3. The minimum absolute atomic E-state index is 0.0454. The van der Waals surface area contributed by atoms with E-state index in [-0.39, 0.29) is 6.03 Å². The van der Waals surface area contributed by atoms with Crippen LogP contribution in [0.25, 0.3) is 11.3 Å². The number of imidazole rings is 1. The van der Waals surface area contributed by atoms with E-state index in [0.717, 1.165) is 30.6 Å². The zero-order valence-electron chi connectivity index (χ0n) is 13.1. The number of carbonyl (C=O) groups excluding carboxylic acids is 1. The predicted octanol–water partition coefficient (Wildman–Crippen LogP) is 4.17. The van der Waals surface area contributed by atoms with Gasteiger partial charge in [-0.05, 0) is 19.8 Å². The third-order valence-corrected chi connectivity index (χ3v) is 4.47. The molecule has 0 radical (unpaired) electrons. The lowest BCUT2D eigenvalue weighted by Gasteiger charge is -2.33. The number of benzene rings is 1. The number of amides is 1. The molecule has 1 saturated carbocycles. The summed E-state index contributed by atoms with van der Waals surface area (Å²) in [5.74, 6) is 0. The van der Waals surface area contributed by atoms with Gasteiger partial charge in [-0.15, -0.1) is 0 Å². The molecule has 1 aromatic carbocycles. The number of hydrogen-bond acceptors (Lipinski definition) is 2. The lowest BCUT2D eigenvalue weighted by atomic mass is 9.94. The van der Waals surface area contributed by atoms with Gasteiger partial charge in [0.05, 0.1) is 5.69 Å². The highest BCUT2D eigenvalue weighted by atomic mass is 16.2. The van der Waals surface area contributed by atoms with Gasteiger partial charge in [-0.3, -0.25) is 4.57 Å². The molecule has 1 amide bonds. The van der Waals surface area contributed by atoms with Crippen molar-refractivity contribution in [2.45, 2.75) is 45.1 Å².